The van der Waals surface area contributed by atoms with E-state index in [1.165, 1.54) is 6.07 Å². The summed E-state index contributed by atoms with van der Waals surface area (Å²) in [7, 11) is 3.37. The second kappa shape index (κ2) is 7.86. The summed E-state index contributed by atoms with van der Waals surface area (Å²) < 4.78 is 12.8. The minimum Gasteiger partial charge on any atom is -0.496 e. The quantitative estimate of drug-likeness (QED) is 0.830. The van der Waals surface area contributed by atoms with Crippen molar-refractivity contribution in [3.8, 4) is 11.5 Å². The fraction of sp³-hybridized carbons (Fsp3) is 0.429. The summed E-state index contributed by atoms with van der Waals surface area (Å²) in [5.74, 6) is 1.41. The first-order valence-electron chi connectivity index (χ1n) is 9.17. The van der Waals surface area contributed by atoms with Crippen molar-refractivity contribution in [2.45, 2.75) is 32.8 Å². The Labute approximate surface area is 159 Å². The number of benzene rings is 1. The second-order valence-electron chi connectivity index (χ2n) is 7.02. The van der Waals surface area contributed by atoms with E-state index in [4.69, 9.17) is 9.47 Å². The summed E-state index contributed by atoms with van der Waals surface area (Å²) in [5.41, 5.74) is 2.41. The van der Waals surface area contributed by atoms with Gasteiger partial charge in [-0.25, -0.2) is 0 Å². The van der Waals surface area contributed by atoms with Crippen LogP contribution in [0.4, 0.5) is 0 Å². The van der Waals surface area contributed by atoms with Crippen molar-refractivity contribution in [2.24, 2.45) is 7.05 Å². The van der Waals surface area contributed by atoms with Crippen molar-refractivity contribution < 1.29 is 14.3 Å². The monoisotopic (exact) mass is 370 g/mol. The minimum atomic E-state index is -0.0764. The molecule has 0 bridgehead atoms. The predicted octanol–water partition coefficient (Wildman–Crippen LogP) is 2.69. The van der Waals surface area contributed by atoms with Gasteiger partial charge < -0.3 is 18.9 Å². The van der Waals surface area contributed by atoms with E-state index in [1.54, 1.807) is 24.8 Å². The Hall–Kier alpha value is -2.76. The van der Waals surface area contributed by atoms with E-state index in [1.807, 2.05) is 36.9 Å². The number of nitrogens with zero attached hydrogens (tertiary/aromatic N) is 2. The Bertz CT molecular complexity index is 896. The number of hydrogen-bond acceptors (Lipinski definition) is 4. The summed E-state index contributed by atoms with van der Waals surface area (Å²) in [6.45, 7) is 5.09. The molecule has 0 N–H and O–H groups in total. The molecular weight excluding hydrogens is 344 g/mol. The largest absolute Gasteiger partial charge is 0.496 e. The van der Waals surface area contributed by atoms with E-state index in [0.717, 1.165) is 29.8 Å². The van der Waals surface area contributed by atoms with Crippen LogP contribution in [0.3, 0.4) is 0 Å². The summed E-state index contributed by atoms with van der Waals surface area (Å²) in [4.78, 5) is 26.5. The van der Waals surface area contributed by atoms with Crippen molar-refractivity contribution in [2.75, 3.05) is 20.2 Å². The first-order chi connectivity index (χ1) is 12.9. The highest BCUT2D eigenvalue weighted by atomic mass is 16.5. The number of aromatic nitrogens is 1. The Kier molecular flexibility index (Phi) is 5.54. The van der Waals surface area contributed by atoms with Crippen molar-refractivity contribution >= 4 is 5.91 Å². The SMILES string of the molecule is COc1ccc(C(=O)N2CCC(Oc3cc(C)n(C)c(=O)c3)CC2)cc1C. The topological polar surface area (TPSA) is 60.8 Å². The van der Waals surface area contributed by atoms with Gasteiger partial charge in [0.15, 0.2) is 0 Å². The van der Waals surface area contributed by atoms with Gasteiger partial charge in [0.25, 0.3) is 11.5 Å². The van der Waals surface area contributed by atoms with Crippen LogP contribution < -0.4 is 15.0 Å². The molecule has 0 spiro atoms. The fourth-order valence-electron chi connectivity index (χ4n) is 3.37. The molecule has 6 nitrogen and oxygen atoms in total. The van der Waals surface area contributed by atoms with Crippen molar-refractivity contribution in [1.82, 2.24) is 9.47 Å². The molecule has 1 aliphatic heterocycles. The number of aryl methyl sites for hydroxylation is 2. The average Bonchev–Trinajstić information content (AvgIpc) is 2.66. The van der Waals surface area contributed by atoms with Crippen LogP contribution >= 0.6 is 0 Å². The van der Waals surface area contributed by atoms with Gasteiger partial charge in [0.1, 0.15) is 17.6 Å². The molecule has 144 valence electrons. The first kappa shape index (κ1) is 19.0. The average molecular weight is 370 g/mol. The van der Waals surface area contributed by atoms with Crippen LogP contribution in [0.15, 0.2) is 35.1 Å². The van der Waals surface area contributed by atoms with Crippen LogP contribution in [0.2, 0.25) is 0 Å². The lowest BCUT2D eigenvalue weighted by Gasteiger charge is -2.32. The predicted molar refractivity (Wildman–Crippen MR) is 104 cm³/mol. The number of methoxy groups -OCH3 is 1. The van der Waals surface area contributed by atoms with Gasteiger partial charge in [0.2, 0.25) is 0 Å². The highest BCUT2D eigenvalue weighted by Gasteiger charge is 2.25. The molecule has 1 aromatic carbocycles. The highest BCUT2D eigenvalue weighted by Crippen LogP contribution is 2.22. The van der Waals surface area contributed by atoms with Crippen molar-refractivity contribution in [1.29, 1.82) is 0 Å². The number of amides is 1. The zero-order valence-electron chi connectivity index (χ0n) is 16.3. The third-order valence-electron chi connectivity index (χ3n) is 5.15. The van der Waals surface area contributed by atoms with Crippen molar-refractivity contribution in [3.63, 3.8) is 0 Å². The van der Waals surface area contributed by atoms with Gasteiger partial charge in [0, 0.05) is 50.3 Å². The van der Waals surface area contributed by atoms with Crippen LogP contribution in [0, 0.1) is 13.8 Å². The van der Waals surface area contributed by atoms with Gasteiger partial charge in [-0.3, -0.25) is 9.59 Å². The molecule has 6 heteroatoms. The van der Waals surface area contributed by atoms with Crippen LogP contribution in [0.5, 0.6) is 11.5 Å². The Morgan fingerprint density at radius 3 is 2.41 bits per heavy atom. The molecule has 2 heterocycles. The Morgan fingerprint density at radius 1 is 1.11 bits per heavy atom. The smallest absolute Gasteiger partial charge is 0.254 e. The van der Waals surface area contributed by atoms with E-state index in [2.05, 4.69) is 0 Å². The van der Waals surface area contributed by atoms with Gasteiger partial charge in [-0.1, -0.05) is 0 Å². The lowest BCUT2D eigenvalue weighted by molar-refractivity contribution is 0.0595. The normalized spacial score (nSPS) is 14.9. The number of carbonyl (C=O) groups excluding carboxylic acids is 1. The standard InChI is InChI=1S/C21H26N2O4/c1-14-11-16(5-6-19(14)26-4)21(25)23-9-7-17(8-10-23)27-18-12-15(2)22(3)20(24)13-18/h5-6,11-13,17H,7-10H2,1-4H3. The molecule has 1 saturated heterocycles. The third-order valence-corrected chi connectivity index (χ3v) is 5.15. The van der Waals surface area contributed by atoms with Gasteiger partial charge >= 0.3 is 0 Å². The maximum atomic E-state index is 12.7. The number of hydrogen-bond donors (Lipinski definition) is 0. The van der Waals surface area contributed by atoms with Gasteiger partial charge in [-0.05, 0) is 43.7 Å². The van der Waals surface area contributed by atoms with Gasteiger partial charge in [-0.2, -0.15) is 0 Å². The lowest BCUT2D eigenvalue weighted by atomic mass is 10.0. The molecule has 0 unspecified atom stereocenters. The summed E-state index contributed by atoms with van der Waals surface area (Å²) in [6, 6.07) is 8.89. The third kappa shape index (κ3) is 4.15. The molecule has 0 atom stereocenters. The zero-order valence-corrected chi connectivity index (χ0v) is 16.3. The van der Waals surface area contributed by atoms with Gasteiger partial charge in [0.05, 0.1) is 7.11 Å². The van der Waals surface area contributed by atoms with E-state index < -0.39 is 0 Å². The number of likely N-dealkylation sites (tertiary alicyclic amines) is 1. The molecule has 0 radical (unpaired) electrons. The first-order valence-corrected chi connectivity index (χ1v) is 9.17. The summed E-state index contributed by atoms with van der Waals surface area (Å²) in [5, 5.41) is 0. The van der Waals surface area contributed by atoms with Crippen LogP contribution in [0.25, 0.3) is 0 Å². The van der Waals surface area contributed by atoms with E-state index >= 15 is 0 Å². The highest BCUT2D eigenvalue weighted by molar-refractivity contribution is 5.94. The molecule has 2 aromatic rings. The molecule has 1 amide bonds. The molecule has 27 heavy (non-hydrogen) atoms. The van der Waals surface area contributed by atoms with Crippen LogP contribution in [0.1, 0.15) is 34.5 Å². The molecule has 0 aliphatic carbocycles. The number of carbonyl (C=O) groups is 1. The number of rotatable bonds is 4. The molecule has 1 aromatic heterocycles. The van der Waals surface area contributed by atoms with Crippen LogP contribution in [-0.4, -0.2) is 41.7 Å². The molecule has 1 aliphatic rings. The van der Waals surface area contributed by atoms with E-state index in [-0.39, 0.29) is 17.6 Å². The maximum Gasteiger partial charge on any atom is 0.254 e. The summed E-state index contributed by atoms with van der Waals surface area (Å²) >= 11 is 0. The Balaban J connectivity index is 1.61. The lowest BCUT2D eigenvalue weighted by Crippen LogP contribution is -2.41. The minimum absolute atomic E-state index is 0.0122. The van der Waals surface area contributed by atoms with Crippen LogP contribution in [-0.2, 0) is 7.05 Å². The zero-order chi connectivity index (χ0) is 19.6. The fourth-order valence-corrected chi connectivity index (χ4v) is 3.37. The van der Waals surface area contributed by atoms with Crippen molar-refractivity contribution in [3.05, 3.63) is 57.5 Å². The van der Waals surface area contributed by atoms with Gasteiger partial charge in [-0.15, -0.1) is 0 Å². The van der Waals surface area contributed by atoms with E-state index in [9.17, 15) is 9.59 Å². The molecule has 1 fully saturated rings. The molecular formula is C21H26N2O4. The number of ether oxygens (including phenoxy) is 2. The molecule has 3 rings (SSSR count). The second-order valence-corrected chi connectivity index (χ2v) is 7.02. The number of piperidine rings is 1. The summed E-state index contributed by atoms with van der Waals surface area (Å²) in [6.07, 6.45) is 1.50. The maximum absolute atomic E-state index is 12.7. The number of pyridine rings is 1. The molecule has 0 saturated carbocycles. The van der Waals surface area contributed by atoms with E-state index in [0.29, 0.717) is 24.4 Å². The Morgan fingerprint density at radius 2 is 1.81 bits per heavy atom.